The van der Waals surface area contributed by atoms with Crippen molar-refractivity contribution in [3.8, 4) is 0 Å². The number of hydrogen-bond acceptors (Lipinski definition) is 4. The minimum Gasteiger partial charge on any atom is -0.336 e. The first-order valence-corrected chi connectivity index (χ1v) is 6.90. The second-order valence-electron chi connectivity index (χ2n) is 5.14. The summed E-state index contributed by atoms with van der Waals surface area (Å²) in [6, 6.07) is 5.57. The van der Waals surface area contributed by atoms with Gasteiger partial charge in [-0.15, -0.1) is 0 Å². The molecule has 1 amide bonds. The highest BCUT2D eigenvalue weighted by molar-refractivity contribution is 5.97. The minimum absolute atomic E-state index is 0.0772. The van der Waals surface area contributed by atoms with E-state index in [1.54, 1.807) is 0 Å². The average Bonchev–Trinajstić information content (AvgIpc) is 2.48. The largest absolute Gasteiger partial charge is 0.336 e. The summed E-state index contributed by atoms with van der Waals surface area (Å²) in [7, 11) is 0. The van der Waals surface area contributed by atoms with Gasteiger partial charge in [-0.05, 0) is 32.0 Å². The summed E-state index contributed by atoms with van der Waals surface area (Å²) >= 11 is 0. The summed E-state index contributed by atoms with van der Waals surface area (Å²) in [5.74, 6) is 0.0772. The van der Waals surface area contributed by atoms with Gasteiger partial charge < -0.3 is 10.2 Å². The third-order valence-electron chi connectivity index (χ3n) is 3.73. The van der Waals surface area contributed by atoms with Crippen LogP contribution in [0.3, 0.4) is 0 Å². The SMILES string of the molecule is Cc1nc2ccc(C(=O)N3CCNCC3)cc2nc1C. The number of hydrogen-bond donors (Lipinski definition) is 1. The standard InChI is InChI=1S/C15H18N4O/c1-10-11(2)18-14-9-12(3-4-13(14)17-10)15(20)19-7-5-16-6-8-19/h3-4,9,16H,5-8H2,1-2H3. The number of carbonyl (C=O) groups is 1. The summed E-state index contributed by atoms with van der Waals surface area (Å²) in [5.41, 5.74) is 4.15. The van der Waals surface area contributed by atoms with Gasteiger partial charge in [0.05, 0.1) is 22.4 Å². The van der Waals surface area contributed by atoms with E-state index in [-0.39, 0.29) is 5.91 Å². The molecule has 0 bridgehead atoms. The molecule has 0 saturated carbocycles. The van der Waals surface area contributed by atoms with Crippen LogP contribution < -0.4 is 5.32 Å². The fraction of sp³-hybridized carbons (Fsp3) is 0.400. The van der Waals surface area contributed by atoms with Gasteiger partial charge in [-0.25, -0.2) is 9.97 Å². The summed E-state index contributed by atoms with van der Waals surface area (Å²) in [5, 5.41) is 3.25. The Balaban J connectivity index is 1.95. The Kier molecular flexibility index (Phi) is 3.36. The molecule has 1 aromatic carbocycles. The number of nitrogens with zero attached hydrogens (tertiary/aromatic N) is 3. The Morgan fingerprint density at radius 3 is 2.45 bits per heavy atom. The van der Waals surface area contributed by atoms with Crippen molar-refractivity contribution in [2.75, 3.05) is 26.2 Å². The van der Waals surface area contributed by atoms with Crippen LogP contribution in [-0.4, -0.2) is 47.0 Å². The van der Waals surface area contributed by atoms with Gasteiger partial charge in [-0.1, -0.05) is 0 Å². The van der Waals surface area contributed by atoms with E-state index in [1.807, 2.05) is 36.9 Å². The smallest absolute Gasteiger partial charge is 0.254 e. The van der Waals surface area contributed by atoms with Crippen LogP contribution in [-0.2, 0) is 0 Å². The van der Waals surface area contributed by atoms with Crippen LogP contribution in [0.1, 0.15) is 21.7 Å². The van der Waals surface area contributed by atoms with Crippen molar-refractivity contribution in [1.29, 1.82) is 0 Å². The normalized spacial score (nSPS) is 15.6. The number of aromatic nitrogens is 2. The maximum absolute atomic E-state index is 12.4. The lowest BCUT2D eigenvalue weighted by Gasteiger charge is -2.27. The van der Waals surface area contributed by atoms with Crippen molar-refractivity contribution in [2.45, 2.75) is 13.8 Å². The number of aryl methyl sites for hydroxylation is 2. The number of piperazine rings is 1. The van der Waals surface area contributed by atoms with E-state index in [4.69, 9.17) is 0 Å². The maximum atomic E-state index is 12.4. The predicted octanol–water partition coefficient (Wildman–Crippen LogP) is 1.29. The molecule has 2 heterocycles. The molecule has 0 spiro atoms. The van der Waals surface area contributed by atoms with Crippen LogP contribution in [0.4, 0.5) is 0 Å². The van der Waals surface area contributed by atoms with Crippen molar-refractivity contribution in [3.63, 3.8) is 0 Å². The lowest BCUT2D eigenvalue weighted by Crippen LogP contribution is -2.46. The molecule has 3 rings (SSSR count). The molecule has 20 heavy (non-hydrogen) atoms. The molecule has 1 N–H and O–H groups in total. The monoisotopic (exact) mass is 270 g/mol. The molecule has 104 valence electrons. The lowest BCUT2D eigenvalue weighted by molar-refractivity contribution is 0.0736. The summed E-state index contributed by atoms with van der Waals surface area (Å²) in [6.07, 6.45) is 0. The molecule has 5 nitrogen and oxygen atoms in total. The zero-order valence-corrected chi connectivity index (χ0v) is 11.8. The Hall–Kier alpha value is -2.01. The first-order chi connectivity index (χ1) is 9.65. The molecule has 1 fully saturated rings. The van der Waals surface area contributed by atoms with Gasteiger partial charge in [0, 0.05) is 31.7 Å². The van der Waals surface area contributed by atoms with Gasteiger partial charge in [-0.2, -0.15) is 0 Å². The van der Waals surface area contributed by atoms with Crippen LogP contribution in [0.15, 0.2) is 18.2 Å². The average molecular weight is 270 g/mol. The molecule has 0 radical (unpaired) electrons. The quantitative estimate of drug-likeness (QED) is 0.848. The molecule has 0 unspecified atom stereocenters. The molecular formula is C15H18N4O. The number of benzene rings is 1. The Morgan fingerprint density at radius 1 is 1.10 bits per heavy atom. The fourth-order valence-corrected chi connectivity index (χ4v) is 2.41. The van der Waals surface area contributed by atoms with E-state index in [9.17, 15) is 4.79 Å². The Labute approximate surface area is 118 Å². The molecule has 0 aliphatic carbocycles. The molecule has 5 heteroatoms. The zero-order valence-electron chi connectivity index (χ0n) is 11.8. The third-order valence-corrected chi connectivity index (χ3v) is 3.73. The fourth-order valence-electron chi connectivity index (χ4n) is 2.41. The number of amides is 1. The molecule has 1 aliphatic heterocycles. The van der Waals surface area contributed by atoms with Crippen LogP contribution in [0.25, 0.3) is 11.0 Å². The van der Waals surface area contributed by atoms with Crippen molar-refractivity contribution in [2.24, 2.45) is 0 Å². The van der Waals surface area contributed by atoms with Gasteiger partial charge in [0.15, 0.2) is 0 Å². The highest BCUT2D eigenvalue weighted by Gasteiger charge is 2.18. The van der Waals surface area contributed by atoms with E-state index in [0.717, 1.165) is 48.6 Å². The van der Waals surface area contributed by atoms with Crippen molar-refractivity contribution >= 4 is 16.9 Å². The molecule has 1 aromatic heterocycles. The molecule has 1 aliphatic rings. The van der Waals surface area contributed by atoms with Gasteiger partial charge in [0.25, 0.3) is 5.91 Å². The minimum atomic E-state index is 0.0772. The van der Waals surface area contributed by atoms with E-state index in [1.165, 1.54) is 0 Å². The van der Waals surface area contributed by atoms with Crippen molar-refractivity contribution < 1.29 is 4.79 Å². The summed E-state index contributed by atoms with van der Waals surface area (Å²) in [4.78, 5) is 23.3. The highest BCUT2D eigenvalue weighted by Crippen LogP contribution is 2.16. The van der Waals surface area contributed by atoms with Gasteiger partial charge >= 0.3 is 0 Å². The van der Waals surface area contributed by atoms with Gasteiger partial charge in [-0.3, -0.25) is 4.79 Å². The predicted molar refractivity (Wildman–Crippen MR) is 77.8 cm³/mol. The lowest BCUT2D eigenvalue weighted by atomic mass is 10.1. The van der Waals surface area contributed by atoms with E-state index >= 15 is 0 Å². The second kappa shape index (κ2) is 5.17. The number of nitrogens with one attached hydrogen (secondary N) is 1. The summed E-state index contributed by atoms with van der Waals surface area (Å²) in [6.45, 7) is 7.12. The van der Waals surface area contributed by atoms with Crippen molar-refractivity contribution in [1.82, 2.24) is 20.2 Å². The van der Waals surface area contributed by atoms with Gasteiger partial charge in [0.2, 0.25) is 0 Å². The van der Waals surface area contributed by atoms with E-state index in [0.29, 0.717) is 5.56 Å². The first-order valence-electron chi connectivity index (χ1n) is 6.90. The molecular weight excluding hydrogens is 252 g/mol. The number of carbonyl (C=O) groups excluding carboxylic acids is 1. The Bertz CT molecular complexity index is 662. The summed E-state index contributed by atoms with van der Waals surface area (Å²) < 4.78 is 0. The van der Waals surface area contributed by atoms with Crippen LogP contribution in [0.2, 0.25) is 0 Å². The number of fused-ring (bicyclic) bond motifs is 1. The zero-order chi connectivity index (χ0) is 14.1. The Morgan fingerprint density at radius 2 is 1.75 bits per heavy atom. The van der Waals surface area contributed by atoms with E-state index in [2.05, 4.69) is 15.3 Å². The second-order valence-corrected chi connectivity index (χ2v) is 5.14. The molecule has 2 aromatic rings. The first kappa shape index (κ1) is 13.0. The molecule has 0 atom stereocenters. The third kappa shape index (κ3) is 2.36. The topological polar surface area (TPSA) is 58.1 Å². The molecule has 1 saturated heterocycles. The highest BCUT2D eigenvalue weighted by atomic mass is 16.2. The van der Waals surface area contributed by atoms with Crippen LogP contribution in [0.5, 0.6) is 0 Å². The van der Waals surface area contributed by atoms with Crippen molar-refractivity contribution in [3.05, 3.63) is 35.2 Å². The van der Waals surface area contributed by atoms with Crippen LogP contribution in [0, 0.1) is 13.8 Å². The van der Waals surface area contributed by atoms with E-state index < -0.39 is 0 Å². The maximum Gasteiger partial charge on any atom is 0.254 e. The number of rotatable bonds is 1. The van der Waals surface area contributed by atoms with Crippen LogP contribution >= 0.6 is 0 Å². The van der Waals surface area contributed by atoms with Gasteiger partial charge in [0.1, 0.15) is 0 Å².